The van der Waals surface area contributed by atoms with Crippen molar-refractivity contribution in [2.45, 2.75) is 0 Å². The number of nitrogens with zero attached hydrogens (tertiary/aromatic N) is 4. The zero-order valence-electron chi connectivity index (χ0n) is 9.34. The highest BCUT2D eigenvalue weighted by Crippen LogP contribution is 2.14. The normalized spacial score (nSPS) is 10.1. The summed E-state index contributed by atoms with van der Waals surface area (Å²) >= 11 is 0. The number of aliphatic hydroxyl groups excluding tert-OH is 1. The van der Waals surface area contributed by atoms with Crippen LogP contribution in [0, 0.1) is 17.1 Å². The number of halogens is 1. The molecule has 0 atom stereocenters. The van der Waals surface area contributed by atoms with Crippen LogP contribution >= 0.6 is 0 Å². The molecule has 92 valence electrons. The minimum absolute atomic E-state index is 0.0479. The Balaban J connectivity index is 2.39. The van der Waals surface area contributed by atoms with Gasteiger partial charge in [-0.25, -0.2) is 4.39 Å². The highest BCUT2D eigenvalue weighted by atomic mass is 19.1. The molecule has 2 rings (SSSR count). The molecule has 0 aliphatic heterocycles. The number of nitrogens with one attached hydrogen (secondary N) is 1. The van der Waals surface area contributed by atoms with E-state index in [1.165, 1.54) is 12.1 Å². The minimum atomic E-state index is -0.481. The zero-order chi connectivity index (χ0) is 13.0. The molecule has 7 heteroatoms. The summed E-state index contributed by atoms with van der Waals surface area (Å²) in [6.45, 7) is 0.141. The van der Waals surface area contributed by atoms with Crippen molar-refractivity contribution in [1.82, 2.24) is 15.0 Å². The van der Waals surface area contributed by atoms with Crippen LogP contribution in [0.15, 0.2) is 24.3 Å². The lowest BCUT2D eigenvalue weighted by Gasteiger charge is -2.00. The summed E-state index contributed by atoms with van der Waals surface area (Å²) in [4.78, 5) is 1.05. The predicted molar refractivity (Wildman–Crippen MR) is 61.6 cm³/mol. The van der Waals surface area contributed by atoms with Crippen LogP contribution in [0.3, 0.4) is 0 Å². The quantitative estimate of drug-likeness (QED) is 0.829. The number of aromatic nitrogens is 3. The first-order valence-corrected chi connectivity index (χ1v) is 5.23. The van der Waals surface area contributed by atoms with E-state index in [0.717, 1.165) is 4.80 Å². The number of nitriles is 1. The highest BCUT2D eigenvalue weighted by Gasteiger charge is 2.13. The monoisotopic (exact) mass is 247 g/mol. The van der Waals surface area contributed by atoms with Crippen LogP contribution in [0.2, 0.25) is 0 Å². The topological polar surface area (TPSA) is 86.8 Å². The summed E-state index contributed by atoms with van der Waals surface area (Å²) in [7, 11) is 0. The van der Waals surface area contributed by atoms with E-state index >= 15 is 0 Å². The van der Waals surface area contributed by atoms with E-state index in [2.05, 4.69) is 15.5 Å². The van der Waals surface area contributed by atoms with Crippen LogP contribution in [0.25, 0.3) is 5.69 Å². The molecule has 6 nitrogen and oxygen atoms in total. The molecular formula is C11H10FN5O. The second-order valence-corrected chi connectivity index (χ2v) is 3.40. The first kappa shape index (κ1) is 12.0. The van der Waals surface area contributed by atoms with E-state index in [9.17, 15) is 4.39 Å². The Bertz CT molecular complexity index is 589. The Kier molecular flexibility index (Phi) is 3.50. The number of benzene rings is 1. The molecule has 0 aliphatic carbocycles. The summed E-state index contributed by atoms with van der Waals surface area (Å²) < 4.78 is 13.5. The molecule has 0 amide bonds. The van der Waals surface area contributed by atoms with E-state index in [1.54, 1.807) is 12.1 Å². The van der Waals surface area contributed by atoms with Gasteiger partial charge in [0.2, 0.25) is 5.69 Å². The summed E-state index contributed by atoms with van der Waals surface area (Å²) in [6.07, 6.45) is 0. The summed E-state index contributed by atoms with van der Waals surface area (Å²) in [5.41, 5.74) is 0.206. The number of hydrogen-bond acceptors (Lipinski definition) is 5. The van der Waals surface area contributed by atoms with Crippen LogP contribution in [0.4, 0.5) is 10.2 Å². The van der Waals surface area contributed by atoms with Crippen molar-refractivity contribution in [2.24, 2.45) is 0 Å². The molecule has 0 unspecified atom stereocenters. The molecule has 0 radical (unpaired) electrons. The standard InChI is InChI=1S/C11H10FN5O/c12-8-3-1-2-4-10(8)17-15-9(7-13)11(16-17)14-5-6-18/h1-4,18H,5-6H2,(H,14,16). The fourth-order valence-electron chi connectivity index (χ4n) is 1.40. The number of para-hydroxylation sites is 1. The number of anilines is 1. The van der Waals surface area contributed by atoms with Crippen LogP contribution in [-0.4, -0.2) is 33.3 Å². The molecule has 1 aromatic heterocycles. The van der Waals surface area contributed by atoms with E-state index in [0.29, 0.717) is 0 Å². The highest BCUT2D eigenvalue weighted by molar-refractivity contribution is 5.47. The molecule has 0 saturated heterocycles. The molecule has 1 heterocycles. The fraction of sp³-hybridized carbons (Fsp3) is 0.182. The third-order valence-corrected chi connectivity index (χ3v) is 2.19. The number of hydrogen-bond donors (Lipinski definition) is 2. The van der Waals surface area contributed by atoms with Crippen molar-refractivity contribution in [3.63, 3.8) is 0 Å². The van der Waals surface area contributed by atoms with Crippen molar-refractivity contribution in [2.75, 3.05) is 18.5 Å². The van der Waals surface area contributed by atoms with Crippen LogP contribution < -0.4 is 5.32 Å². The fourth-order valence-corrected chi connectivity index (χ4v) is 1.40. The van der Waals surface area contributed by atoms with E-state index in [1.807, 2.05) is 6.07 Å². The van der Waals surface area contributed by atoms with Crippen LogP contribution in [0.5, 0.6) is 0 Å². The van der Waals surface area contributed by atoms with Gasteiger partial charge in [-0.15, -0.1) is 15.0 Å². The molecule has 0 bridgehead atoms. The maximum absolute atomic E-state index is 13.5. The van der Waals surface area contributed by atoms with Gasteiger partial charge >= 0.3 is 0 Å². The lowest BCUT2D eigenvalue weighted by molar-refractivity contribution is 0.311. The molecular weight excluding hydrogens is 237 g/mol. The van der Waals surface area contributed by atoms with E-state index < -0.39 is 5.82 Å². The van der Waals surface area contributed by atoms with E-state index in [4.69, 9.17) is 10.4 Å². The Labute approximate surface area is 102 Å². The average molecular weight is 247 g/mol. The maximum Gasteiger partial charge on any atom is 0.207 e. The van der Waals surface area contributed by atoms with Gasteiger partial charge in [0, 0.05) is 6.54 Å². The lowest BCUT2D eigenvalue weighted by atomic mass is 10.3. The first-order chi connectivity index (χ1) is 8.76. The van der Waals surface area contributed by atoms with Crippen molar-refractivity contribution in [3.05, 3.63) is 35.8 Å². The van der Waals surface area contributed by atoms with Gasteiger partial charge in [-0.1, -0.05) is 12.1 Å². The van der Waals surface area contributed by atoms with Gasteiger partial charge in [0.25, 0.3) is 0 Å². The van der Waals surface area contributed by atoms with Crippen LogP contribution in [-0.2, 0) is 0 Å². The second kappa shape index (κ2) is 5.25. The molecule has 0 spiro atoms. The van der Waals surface area contributed by atoms with Crippen molar-refractivity contribution in [1.29, 1.82) is 5.26 Å². The molecule has 1 aromatic carbocycles. The van der Waals surface area contributed by atoms with Gasteiger partial charge in [-0.3, -0.25) is 0 Å². The predicted octanol–water partition coefficient (Wildman–Crippen LogP) is 0.682. The van der Waals surface area contributed by atoms with Gasteiger partial charge in [-0.05, 0) is 12.1 Å². The van der Waals surface area contributed by atoms with Gasteiger partial charge in [-0.2, -0.15) is 5.26 Å². The molecule has 2 aromatic rings. The third kappa shape index (κ3) is 2.28. The number of aliphatic hydroxyl groups is 1. The second-order valence-electron chi connectivity index (χ2n) is 3.40. The third-order valence-electron chi connectivity index (χ3n) is 2.19. The summed E-state index contributed by atoms with van der Waals surface area (Å²) in [5.74, 6) is -0.263. The van der Waals surface area contributed by atoms with Gasteiger partial charge in [0.05, 0.1) is 6.61 Å². The van der Waals surface area contributed by atoms with Crippen LogP contribution in [0.1, 0.15) is 5.69 Å². The SMILES string of the molecule is N#Cc1nn(-c2ccccc2F)nc1NCCO. The molecule has 2 N–H and O–H groups in total. The largest absolute Gasteiger partial charge is 0.395 e. The minimum Gasteiger partial charge on any atom is -0.395 e. The summed E-state index contributed by atoms with van der Waals surface area (Å²) in [5, 5.41) is 28.2. The molecule has 0 saturated carbocycles. The zero-order valence-corrected chi connectivity index (χ0v) is 9.34. The van der Waals surface area contributed by atoms with Gasteiger partial charge < -0.3 is 10.4 Å². The lowest BCUT2D eigenvalue weighted by Crippen LogP contribution is -2.07. The maximum atomic E-state index is 13.5. The average Bonchev–Trinajstić information content (AvgIpc) is 2.80. The molecule has 0 aliphatic rings. The Morgan fingerprint density at radius 2 is 2.17 bits per heavy atom. The Hall–Kier alpha value is -2.46. The molecule has 0 fully saturated rings. The smallest absolute Gasteiger partial charge is 0.207 e. The van der Waals surface area contributed by atoms with Gasteiger partial charge in [0.1, 0.15) is 11.8 Å². The first-order valence-electron chi connectivity index (χ1n) is 5.23. The van der Waals surface area contributed by atoms with Gasteiger partial charge in [0.15, 0.2) is 11.6 Å². The van der Waals surface area contributed by atoms with Crippen molar-refractivity contribution >= 4 is 5.82 Å². The molecule has 18 heavy (non-hydrogen) atoms. The van der Waals surface area contributed by atoms with E-state index in [-0.39, 0.29) is 30.4 Å². The Morgan fingerprint density at radius 1 is 1.39 bits per heavy atom. The van der Waals surface area contributed by atoms with Crippen molar-refractivity contribution in [3.8, 4) is 11.8 Å². The van der Waals surface area contributed by atoms with Crippen molar-refractivity contribution < 1.29 is 9.50 Å². The summed E-state index contributed by atoms with van der Waals surface area (Å²) in [6, 6.07) is 7.84. The number of rotatable bonds is 4. The Morgan fingerprint density at radius 3 is 2.83 bits per heavy atom.